The fourth-order valence-electron chi connectivity index (χ4n) is 4.75. The summed E-state index contributed by atoms with van der Waals surface area (Å²) in [4.78, 5) is 25.0. The number of nitrogens with zero attached hydrogens (tertiary/aromatic N) is 2. The molecule has 0 spiro atoms. The van der Waals surface area contributed by atoms with Gasteiger partial charge in [-0.15, -0.1) is 0 Å². The molecule has 0 aromatic carbocycles. The van der Waals surface area contributed by atoms with Crippen molar-refractivity contribution in [2.24, 2.45) is 17.3 Å². The molecule has 2 aliphatic rings. The van der Waals surface area contributed by atoms with Crippen LogP contribution in [-0.4, -0.2) is 47.2 Å². The lowest BCUT2D eigenvalue weighted by Crippen LogP contribution is -2.60. The number of hydrogen-bond donors (Lipinski definition) is 2. The second-order valence-corrected chi connectivity index (χ2v) is 9.40. The fourth-order valence-corrected chi connectivity index (χ4v) is 4.75. The molecule has 2 heterocycles. The van der Waals surface area contributed by atoms with Crippen LogP contribution in [0.2, 0.25) is 0 Å². The predicted octanol–water partition coefficient (Wildman–Crippen LogP) is 2.80. The van der Waals surface area contributed by atoms with Crippen LogP contribution in [0.5, 0.6) is 0 Å². The Kier molecular flexibility index (Phi) is 5.82. The Bertz CT molecular complexity index is 916. The van der Waals surface area contributed by atoms with E-state index < -0.39 is 0 Å². The van der Waals surface area contributed by atoms with Crippen molar-refractivity contribution in [2.45, 2.75) is 58.1 Å². The van der Waals surface area contributed by atoms with E-state index in [1.165, 1.54) is 0 Å². The molecular formula is C23H32N4O3. The standard InChI is InChI=1S/C23H32N4O3/c1-23(2)16(14-24-21(28)7-6-15-11-17(12-15)30-3)13-20(23)26-22(29)18-5-4-10-27-19(18)8-9-25-27/h4-5,8-10,15-17,20H,6-7,11-14H2,1-3H3,(H,24,28)(H,26,29). The van der Waals surface area contributed by atoms with Crippen LogP contribution >= 0.6 is 0 Å². The Morgan fingerprint density at radius 2 is 2.07 bits per heavy atom. The molecule has 2 N–H and O–H groups in total. The smallest absolute Gasteiger partial charge is 0.253 e. The first-order valence-electron chi connectivity index (χ1n) is 10.9. The van der Waals surface area contributed by atoms with Crippen LogP contribution in [-0.2, 0) is 9.53 Å². The topological polar surface area (TPSA) is 84.7 Å². The molecule has 4 rings (SSSR count). The monoisotopic (exact) mass is 412 g/mol. The molecule has 0 radical (unpaired) electrons. The molecule has 2 unspecified atom stereocenters. The van der Waals surface area contributed by atoms with Crippen LogP contribution in [0.15, 0.2) is 30.6 Å². The number of aromatic nitrogens is 2. The van der Waals surface area contributed by atoms with E-state index in [1.807, 2.05) is 24.4 Å². The molecule has 7 nitrogen and oxygen atoms in total. The molecule has 7 heteroatoms. The molecule has 2 aliphatic carbocycles. The number of hydrogen-bond acceptors (Lipinski definition) is 4. The van der Waals surface area contributed by atoms with Gasteiger partial charge in [0.1, 0.15) is 0 Å². The summed E-state index contributed by atoms with van der Waals surface area (Å²) >= 11 is 0. The molecule has 30 heavy (non-hydrogen) atoms. The van der Waals surface area contributed by atoms with Gasteiger partial charge in [0.2, 0.25) is 5.91 Å². The zero-order valence-electron chi connectivity index (χ0n) is 18.1. The van der Waals surface area contributed by atoms with Crippen molar-refractivity contribution in [3.8, 4) is 0 Å². The van der Waals surface area contributed by atoms with Crippen molar-refractivity contribution in [1.82, 2.24) is 20.2 Å². The van der Waals surface area contributed by atoms with Crippen LogP contribution in [0.1, 0.15) is 56.3 Å². The number of methoxy groups -OCH3 is 1. The summed E-state index contributed by atoms with van der Waals surface area (Å²) in [6, 6.07) is 5.60. The Labute approximate surface area is 177 Å². The van der Waals surface area contributed by atoms with E-state index in [4.69, 9.17) is 4.74 Å². The molecule has 2 atom stereocenters. The van der Waals surface area contributed by atoms with Gasteiger partial charge in [-0.2, -0.15) is 5.10 Å². The Morgan fingerprint density at radius 3 is 2.80 bits per heavy atom. The average Bonchev–Trinajstić information content (AvgIpc) is 3.17. The Balaban J connectivity index is 1.22. The van der Waals surface area contributed by atoms with Crippen molar-refractivity contribution in [1.29, 1.82) is 0 Å². The number of rotatable bonds is 8. The summed E-state index contributed by atoms with van der Waals surface area (Å²) in [7, 11) is 1.75. The molecule has 0 bridgehead atoms. The van der Waals surface area contributed by atoms with Crippen LogP contribution in [0.4, 0.5) is 0 Å². The maximum atomic E-state index is 12.8. The van der Waals surface area contributed by atoms with Gasteiger partial charge in [-0.3, -0.25) is 9.59 Å². The van der Waals surface area contributed by atoms with E-state index in [0.717, 1.165) is 31.2 Å². The molecule has 2 amide bonds. The average molecular weight is 413 g/mol. The molecule has 162 valence electrons. The minimum Gasteiger partial charge on any atom is -0.381 e. The van der Waals surface area contributed by atoms with Gasteiger partial charge in [0.15, 0.2) is 0 Å². The third kappa shape index (κ3) is 4.08. The van der Waals surface area contributed by atoms with E-state index in [9.17, 15) is 9.59 Å². The number of nitrogens with one attached hydrogen (secondary N) is 2. The maximum absolute atomic E-state index is 12.8. The molecule has 2 aromatic rings. The highest BCUT2D eigenvalue weighted by atomic mass is 16.5. The zero-order valence-corrected chi connectivity index (χ0v) is 18.1. The number of fused-ring (bicyclic) bond motifs is 1. The van der Waals surface area contributed by atoms with Crippen molar-refractivity contribution in [3.05, 3.63) is 36.2 Å². The molecule has 2 saturated carbocycles. The third-order valence-electron chi connectivity index (χ3n) is 7.31. The highest BCUT2D eigenvalue weighted by Crippen LogP contribution is 2.46. The minimum atomic E-state index is -0.0727. The summed E-state index contributed by atoms with van der Waals surface area (Å²) in [6.45, 7) is 5.00. The summed E-state index contributed by atoms with van der Waals surface area (Å²) in [6.07, 6.45) is 8.48. The lowest BCUT2D eigenvalue weighted by Gasteiger charge is -2.52. The van der Waals surface area contributed by atoms with E-state index >= 15 is 0 Å². The predicted molar refractivity (Wildman–Crippen MR) is 114 cm³/mol. The summed E-state index contributed by atoms with van der Waals surface area (Å²) < 4.78 is 7.00. The second-order valence-electron chi connectivity index (χ2n) is 9.40. The van der Waals surface area contributed by atoms with Gasteiger partial charge in [0.25, 0.3) is 5.91 Å². The third-order valence-corrected chi connectivity index (χ3v) is 7.31. The Morgan fingerprint density at radius 1 is 1.27 bits per heavy atom. The normalized spacial score (nSPS) is 27.2. The maximum Gasteiger partial charge on any atom is 0.253 e. The van der Waals surface area contributed by atoms with Gasteiger partial charge in [-0.05, 0) is 61.1 Å². The molecule has 0 aliphatic heterocycles. The molecule has 0 saturated heterocycles. The summed E-state index contributed by atoms with van der Waals surface area (Å²) in [5.74, 6) is 1.04. The minimum absolute atomic E-state index is 0.0616. The van der Waals surface area contributed by atoms with E-state index in [0.29, 0.717) is 36.5 Å². The number of carbonyl (C=O) groups is 2. The van der Waals surface area contributed by atoms with Crippen LogP contribution in [0.25, 0.3) is 5.52 Å². The summed E-state index contributed by atoms with van der Waals surface area (Å²) in [5, 5.41) is 10.5. The highest BCUT2D eigenvalue weighted by Gasteiger charge is 2.48. The SMILES string of the molecule is COC1CC(CCC(=O)NCC2CC(NC(=O)c3cccn4nccc34)C2(C)C)C1. The lowest BCUT2D eigenvalue weighted by atomic mass is 9.58. The van der Waals surface area contributed by atoms with Crippen LogP contribution in [0.3, 0.4) is 0 Å². The number of carbonyl (C=O) groups excluding carboxylic acids is 2. The zero-order chi connectivity index (χ0) is 21.3. The van der Waals surface area contributed by atoms with Gasteiger partial charge >= 0.3 is 0 Å². The van der Waals surface area contributed by atoms with Crippen molar-refractivity contribution >= 4 is 17.3 Å². The van der Waals surface area contributed by atoms with E-state index in [1.54, 1.807) is 17.8 Å². The van der Waals surface area contributed by atoms with Gasteiger partial charge in [-0.1, -0.05) is 13.8 Å². The fraction of sp³-hybridized carbons (Fsp3) is 0.609. The van der Waals surface area contributed by atoms with Crippen molar-refractivity contribution in [2.75, 3.05) is 13.7 Å². The van der Waals surface area contributed by atoms with Crippen molar-refractivity contribution < 1.29 is 14.3 Å². The molecule has 2 aromatic heterocycles. The first-order chi connectivity index (χ1) is 14.4. The number of pyridine rings is 1. The van der Waals surface area contributed by atoms with Crippen molar-refractivity contribution in [3.63, 3.8) is 0 Å². The first kappa shape index (κ1) is 20.8. The quantitative estimate of drug-likeness (QED) is 0.698. The highest BCUT2D eigenvalue weighted by molar-refractivity contribution is 6.00. The van der Waals surface area contributed by atoms with Gasteiger partial charge in [0, 0.05) is 32.3 Å². The summed E-state index contributed by atoms with van der Waals surface area (Å²) in [5.41, 5.74) is 1.38. The van der Waals surface area contributed by atoms with Gasteiger partial charge in [-0.25, -0.2) is 4.52 Å². The van der Waals surface area contributed by atoms with Crippen LogP contribution in [0, 0.1) is 17.3 Å². The van der Waals surface area contributed by atoms with Gasteiger partial charge in [0.05, 0.1) is 23.4 Å². The molecule has 2 fully saturated rings. The van der Waals surface area contributed by atoms with E-state index in [2.05, 4.69) is 29.6 Å². The van der Waals surface area contributed by atoms with Gasteiger partial charge < -0.3 is 15.4 Å². The Hall–Kier alpha value is -2.41. The number of ether oxygens (including phenoxy) is 1. The molecular weight excluding hydrogens is 380 g/mol. The largest absolute Gasteiger partial charge is 0.381 e. The lowest BCUT2D eigenvalue weighted by molar-refractivity contribution is -0.122. The first-order valence-corrected chi connectivity index (χ1v) is 10.9. The number of amides is 2. The second kappa shape index (κ2) is 8.38. The van der Waals surface area contributed by atoms with Crippen LogP contribution < -0.4 is 10.6 Å². The van der Waals surface area contributed by atoms with E-state index in [-0.39, 0.29) is 23.3 Å².